The maximum absolute atomic E-state index is 11.4. The highest BCUT2D eigenvalue weighted by Gasteiger charge is 2.08. The van der Waals surface area contributed by atoms with Gasteiger partial charge in [-0.1, -0.05) is 35.6 Å². The van der Waals surface area contributed by atoms with Gasteiger partial charge in [0.15, 0.2) is 5.13 Å². The van der Waals surface area contributed by atoms with Crippen molar-refractivity contribution >= 4 is 22.5 Å². The van der Waals surface area contributed by atoms with Crippen molar-refractivity contribution in [2.24, 2.45) is 0 Å². The Kier molecular flexibility index (Phi) is 4.48. The van der Waals surface area contributed by atoms with Crippen LogP contribution in [0.15, 0.2) is 30.5 Å². The van der Waals surface area contributed by atoms with Gasteiger partial charge in [0.2, 0.25) is 0 Å². The van der Waals surface area contributed by atoms with Crippen molar-refractivity contribution in [1.29, 1.82) is 0 Å². The molecule has 0 fully saturated rings. The van der Waals surface area contributed by atoms with E-state index in [1.807, 2.05) is 31.2 Å². The summed E-state index contributed by atoms with van der Waals surface area (Å²) in [5, 5.41) is 14.3. The molecule has 0 unspecified atom stereocenters. The minimum atomic E-state index is -0.361. The van der Waals surface area contributed by atoms with Crippen LogP contribution in [0.1, 0.15) is 5.56 Å². The number of aliphatic hydroxyl groups excluding tert-OH is 1. The molecule has 1 aromatic carbocycles. The predicted octanol–water partition coefficient (Wildman–Crippen LogP) is 2.23. The summed E-state index contributed by atoms with van der Waals surface area (Å²) in [5.41, 5.74) is 2.28. The molecule has 0 spiro atoms. The number of carbonyl (C=O) groups excluding carboxylic acids is 1. The third-order valence-corrected chi connectivity index (χ3v) is 3.48. The van der Waals surface area contributed by atoms with Crippen molar-refractivity contribution in [3.63, 3.8) is 0 Å². The van der Waals surface area contributed by atoms with Gasteiger partial charge in [0.1, 0.15) is 0 Å². The van der Waals surface area contributed by atoms with Crippen LogP contribution in [0.2, 0.25) is 0 Å². The van der Waals surface area contributed by atoms with Crippen LogP contribution < -0.4 is 10.6 Å². The summed E-state index contributed by atoms with van der Waals surface area (Å²) < 4.78 is 0. The van der Waals surface area contributed by atoms with E-state index in [1.54, 1.807) is 6.20 Å². The van der Waals surface area contributed by atoms with Crippen LogP contribution in [-0.2, 0) is 0 Å². The molecular weight excluding hydrogens is 262 g/mol. The number of urea groups is 1. The van der Waals surface area contributed by atoms with E-state index in [4.69, 9.17) is 5.11 Å². The maximum atomic E-state index is 11.4. The van der Waals surface area contributed by atoms with E-state index in [1.165, 1.54) is 16.9 Å². The summed E-state index contributed by atoms with van der Waals surface area (Å²) >= 11 is 1.42. The molecular formula is C13H15N3O2S. The second kappa shape index (κ2) is 6.31. The Morgan fingerprint density at radius 3 is 2.95 bits per heavy atom. The number of nitrogens with zero attached hydrogens (tertiary/aromatic N) is 1. The van der Waals surface area contributed by atoms with Gasteiger partial charge in [-0.05, 0) is 18.1 Å². The number of nitrogens with one attached hydrogen (secondary N) is 2. The summed E-state index contributed by atoms with van der Waals surface area (Å²) in [4.78, 5) is 16.6. The van der Waals surface area contributed by atoms with Crippen LogP contribution >= 0.6 is 11.3 Å². The standard InChI is InChI=1S/C13H15N3O2S/c1-9-4-2-3-5-10(9)11-8-15-13(19-11)16-12(18)14-6-7-17/h2-5,8,17H,6-7H2,1H3,(H2,14,15,16,18). The Bertz CT molecular complexity index is 569. The molecule has 2 aromatic rings. The summed E-state index contributed by atoms with van der Waals surface area (Å²) in [6.45, 7) is 2.18. The lowest BCUT2D eigenvalue weighted by molar-refractivity contribution is 0.245. The van der Waals surface area contributed by atoms with Crippen molar-refractivity contribution in [2.45, 2.75) is 6.92 Å². The molecule has 1 heterocycles. The average Bonchev–Trinajstić information content (AvgIpc) is 2.85. The molecule has 0 saturated carbocycles. The van der Waals surface area contributed by atoms with Gasteiger partial charge >= 0.3 is 6.03 Å². The zero-order valence-corrected chi connectivity index (χ0v) is 11.3. The van der Waals surface area contributed by atoms with Crippen molar-refractivity contribution in [3.8, 4) is 10.4 Å². The lowest BCUT2D eigenvalue weighted by atomic mass is 10.1. The molecule has 0 aliphatic carbocycles. The number of amides is 2. The minimum Gasteiger partial charge on any atom is -0.395 e. The third-order valence-electron chi connectivity index (χ3n) is 2.53. The highest BCUT2D eigenvalue weighted by atomic mass is 32.1. The number of benzene rings is 1. The Morgan fingerprint density at radius 2 is 2.21 bits per heavy atom. The van der Waals surface area contributed by atoms with Gasteiger partial charge < -0.3 is 10.4 Å². The lowest BCUT2D eigenvalue weighted by Crippen LogP contribution is -2.30. The van der Waals surface area contributed by atoms with E-state index in [2.05, 4.69) is 15.6 Å². The van der Waals surface area contributed by atoms with Crippen LogP contribution in [-0.4, -0.2) is 29.3 Å². The maximum Gasteiger partial charge on any atom is 0.321 e. The number of aromatic nitrogens is 1. The van der Waals surface area contributed by atoms with Crippen molar-refractivity contribution in [3.05, 3.63) is 36.0 Å². The van der Waals surface area contributed by atoms with Crippen LogP contribution in [0.25, 0.3) is 10.4 Å². The van der Waals surface area contributed by atoms with E-state index in [0.717, 1.165) is 10.4 Å². The summed E-state index contributed by atoms with van der Waals surface area (Å²) in [6, 6.07) is 7.67. The monoisotopic (exact) mass is 277 g/mol. The first-order valence-electron chi connectivity index (χ1n) is 5.88. The van der Waals surface area contributed by atoms with Gasteiger partial charge in [-0.3, -0.25) is 5.32 Å². The van der Waals surface area contributed by atoms with Crippen molar-refractivity contribution in [1.82, 2.24) is 10.3 Å². The summed E-state index contributed by atoms with van der Waals surface area (Å²) in [7, 11) is 0. The Morgan fingerprint density at radius 1 is 1.42 bits per heavy atom. The largest absolute Gasteiger partial charge is 0.395 e. The SMILES string of the molecule is Cc1ccccc1-c1cnc(NC(=O)NCCO)s1. The number of carbonyl (C=O) groups is 1. The van der Waals surface area contributed by atoms with Crippen LogP contribution in [0.3, 0.4) is 0 Å². The Hall–Kier alpha value is -1.92. The van der Waals surface area contributed by atoms with Gasteiger partial charge in [0.05, 0.1) is 11.5 Å². The Labute approximate surface area is 115 Å². The first-order valence-corrected chi connectivity index (χ1v) is 6.70. The van der Waals surface area contributed by atoms with Crippen LogP contribution in [0, 0.1) is 6.92 Å². The molecule has 100 valence electrons. The molecule has 6 heteroatoms. The zero-order chi connectivity index (χ0) is 13.7. The summed E-state index contributed by atoms with van der Waals surface area (Å²) in [6.07, 6.45) is 1.74. The quantitative estimate of drug-likeness (QED) is 0.802. The average molecular weight is 277 g/mol. The van der Waals surface area contributed by atoms with Gasteiger partial charge in [-0.25, -0.2) is 9.78 Å². The number of hydrogen-bond donors (Lipinski definition) is 3. The molecule has 1 aromatic heterocycles. The van der Waals surface area contributed by atoms with E-state index in [-0.39, 0.29) is 19.2 Å². The molecule has 0 aliphatic heterocycles. The van der Waals surface area contributed by atoms with Crippen LogP contribution in [0.4, 0.5) is 9.93 Å². The van der Waals surface area contributed by atoms with Crippen molar-refractivity contribution in [2.75, 3.05) is 18.5 Å². The van der Waals surface area contributed by atoms with E-state index >= 15 is 0 Å². The minimum absolute atomic E-state index is 0.0836. The second-order valence-electron chi connectivity index (χ2n) is 3.95. The molecule has 3 N–H and O–H groups in total. The fourth-order valence-corrected chi connectivity index (χ4v) is 2.52. The fraction of sp³-hybridized carbons (Fsp3) is 0.231. The lowest BCUT2D eigenvalue weighted by Gasteiger charge is -2.03. The zero-order valence-electron chi connectivity index (χ0n) is 10.5. The normalized spacial score (nSPS) is 10.2. The van der Waals surface area contributed by atoms with E-state index < -0.39 is 0 Å². The molecule has 19 heavy (non-hydrogen) atoms. The first-order chi connectivity index (χ1) is 9.20. The number of hydrogen-bond acceptors (Lipinski definition) is 4. The smallest absolute Gasteiger partial charge is 0.321 e. The van der Waals surface area contributed by atoms with Crippen LogP contribution in [0.5, 0.6) is 0 Å². The number of rotatable bonds is 4. The predicted molar refractivity (Wildman–Crippen MR) is 76.4 cm³/mol. The molecule has 0 bridgehead atoms. The van der Waals surface area contributed by atoms with E-state index in [0.29, 0.717) is 5.13 Å². The van der Waals surface area contributed by atoms with Gasteiger partial charge in [0.25, 0.3) is 0 Å². The Balaban J connectivity index is 2.07. The molecule has 0 atom stereocenters. The molecule has 0 saturated heterocycles. The second-order valence-corrected chi connectivity index (χ2v) is 4.98. The van der Waals surface area contributed by atoms with Gasteiger partial charge in [0, 0.05) is 12.7 Å². The molecule has 5 nitrogen and oxygen atoms in total. The summed E-state index contributed by atoms with van der Waals surface area (Å²) in [5.74, 6) is 0. The van der Waals surface area contributed by atoms with Gasteiger partial charge in [-0.2, -0.15) is 0 Å². The fourth-order valence-electron chi connectivity index (χ4n) is 1.62. The molecule has 0 radical (unpaired) electrons. The van der Waals surface area contributed by atoms with E-state index in [9.17, 15) is 4.79 Å². The number of anilines is 1. The molecule has 0 aliphatic rings. The van der Waals surface area contributed by atoms with Gasteiger partial charge in [-0.15, -0.1) is 0 Å². The third kappa shape index (κ3) is 3.52. The highest BCUT2D eigenvalue weighted by molar-refractivity contribution is 7.19. The number of aryl methyl sites for hydroxylation is 1. The number of aliphatic hydroxyl groups is 1. The molecule has 2 rings (SSSR count). The first kappa shape index (κ1) is 13.5. The number of thiazole rings is 1. The highest BCUT2D eigenvalue weighted by Crippen LogP contribution is 2.30. The van der Waals surface area contributed by atoms with Crippen molar-refractivity contribution < 1.29 is 9.90 Å². The topological polar surface area (TPSA) is 74.2 Å². The molecule has 2 amide bonds.